The van der Waals surface area contributed by atoms with Crippen LogP contribution in [0.15, 0.2) is 24.4 Å². The Bertz CT molecular complexity index is 792. The summed E-state index contributed by atoms with van der Waals surface area (Å²) in [5, 5.41) is 19.0. The van der Waals surface area contributed by atoms with Crippen molar-refractivity contribution < 1.29 is 28.1 Å². The number of benzene rings is 1. The Hall–Kier alpha value is -1.68. The number of unbranched alkanes of at least 4 members (excludes halogenated alkanes) is 5. The third-order valence-corrected chi connectivity index (χ3v) is 6.09. The smallest absolute Gasteiger partial charge is 0.419 e. The number of aliphatic hydroxyl groups is 2. The van der Waals surface area contributed by atoms with Crippen LogP contribution < -0.4 is 10.5 Å². The molecule has 0 bridgehead atoms. The summed E-state index contributed by atoms with van der Waals surface area (Å²) >= 11 is 1.03. The summed E-state index contributed by atoms with van der Waals surface area (Å²) in [6.07, 6.45) is 2.97. The summed E-state index contributed by atoms with van der Waals surface area (Å²) < 4.78 is 46.2. The largest absolute Gasteiger partial charge is 0.493 e. The number of rotatable bonds is 12. The van der Waals surface area contributed by atoms with E-state index in [2.05, 4.69) is 11.9 Å². The molecule has 168 valence electrons. The average molecular weight is 447 g/mol. The van der Waals surface area contributed by atoms with Crippen molar-refractivity contribution >= 4 is 11.3 Å². The second-order valence-corrected chi connectivity index (χ2v) is 8.36. The third-order valence-electron chi connectivity index (χ3n) is 4.82. The first-order valence-corrected chi connectivity index (χ1v) is 10.9. The summed E-state index contributed by atoms with van der Waals surface area (Å²) in [5.74, 6) is -0.191. The molecule has 1 aromatic heterocycles. The first kappa shape index (κ1) is 24.6. The maximum atomic E-state index is 13.6. The van der Waals surface area contributed by atoms with E-state index in [0.29, 0.717) is 16.9 Å². The number of ether oxygens (including phenoxy) is 1. The second-order valence-electron chi connectivity index (χ2n) is 7.33. The monoisotopic (exact) mass is 446 g/mol. The average Bonchev–Trinajstić information content (AvgIpc) is 3.23. The van der Waals surface area contributed by atoms with E-state index >= 15 is 0 Å². The molecule has 0 fully saturated rings. The Morgan fingerprint density at radius 2 is 1.73 bits per heavy atom. The number of nitrogens with two attached hydrogens (primary N) is 1. The minimum Gasteiger partial charge on any atom is -0.493 e. The fourth-order valence-corrected chi connectivity index (χ4v) is 3.91. The van der Waals surface area contributed by atoms with Gasteiger partial charge in [0.1, 0.15) is 16.3 Å². The molecule has 1 heterocycles. The highest BCUT2D eigenvalue weighted by Crippen LogP contribution is 2.40. The zero-order chi connectivity index (χ0) is 22.2. The normalized spacial score (nSPS) is 12.4. The van der Waals surface area contributed by atoms with Crippen molar-refractivity contribution in [2.24, 2.45) is 5.73 Å². The molecule has 0 unspecified atom stereocenters. The van der Waals surface area contributed by atoms with Crippen molar-refractivity contribution in [1.82, 2.24) is 4.98 Å². The van der Waals surface area contributed by atoms with E-state index in [1.807, 2.05) is 0 Å². The van der Waals surface area contributed by atoms with Gasteiger partial charge in [0.15, 0.2) is 0 Å². The van der Waals surface area contributed by atoms with Gasteiger partial charge < -0.3 is 20.7 Å². The molecule has 0 radical (unpaired) electrons. The Morgan fingerprint density at radius 3 is 2.37 bits per heavy atom. The van der Waals surface area contributed by atoms with E-state index in [9.17, 15) is 23.4 Å². The number of hydrogen-bond acceptors (Lipinski definition) is 6. The number of halogens is 3. The lowest BCUT2D eigenvalue weighted by atomic mass is 10.1. The highest BCUT2D eigenvalue weighted by molar-refractivity contribution is 7.15. The fraction of sp³-hybridized carbons (Fsp3) is 0.571. The number of nitrogens with zero attached hydrogens (tertiary/aromatic N) is 1. The lowest BCUT2D eigenvalue weighted by Crippen LogP contribution is -2.44. The predicted octanol–water partition coefficient (Wildman–Crippen LogP) is 4.71. The Morgan fingerprint density at radius 1 is 1.07 bits per heavy atom. The van der Waals surface area contributed by atoms with Gasteiger partial charge in [0.2, 0.25) is 0 Å². The molecule has 0 saturated carbocycles. The number of aliphatic hydroxyl groups excluding tert-OH is 2. The number of thiazole rings is 1. The SMILES string of the molecule is CCCCCCCCOc1ccc(-c2cnc(C(N)(CO)CO)s2)cc1C(F)(F)F. The molecule has 0 aliphatic heterocycles. The quantitative estimate of drug-likeness (QED) is 0.411. The van der Waals surface area contributed by atoms with Crippen LogP contribution in [0.2, 0.25) is 0 Å². The summed E-state index contributed by atoms with van der Waals surface area (Å²) in [6.45, 7) is 1.30. The topological polar surface area (TPSA) is 88.6 Å². The zero-order valence-electron chi connectivity index (χ0n) is 17.0. The van der Waals surface area contributed by atoms with Crippen LogP contribution in [0, 0.1) is 0 Å². The van der Waals surface area contributed by atoms with Gasteiger partial charge in [0, 0.05) is 6.20 Å². The van der Waals surface area contributed by atoms with Crippen LogP contribution >= 0.6 is 11.3 Å². The highest BCUT2D eigenvalue weighted by atomic mass is 32.1. The van der Waals surface area contributed by atoms with Crippen LogP contribution in [-0.4, -0.2) is 35.0 Å². The lowest BCUT2D eigenvalue weighted by molar-refractivity contribution is -0.138. The molecule has 2 rings (SSSR count). The molecular formula is C21H29F3N2O3S. The molecule has 0 atom stereocenters. The van der Waals surface area contributed by atoms with E-state index in [1.54, 1.807) is 6.07 Å². The zero-order valence-corrected chi connectivity index (χ0v) is 17.9. The van der Waals surface area contributed by atoms with Crippen LogP contribution in [0.25, 0.3) is 10.4 Å². The van der Waals surface area contributed by atoms with Gasteiger partial charge in [-0.3, -0.25) is 0 Å². The molecule has 0 amide bonds. The first-order chi connectivity index (χ1) is 14.2. The fourth-order valence-electron chi connectivity index (χ4n) is 2.92. The van der Waals surface area contributed by atoms with E-state index in [4.69, 9.17) is 10.5 Å². The van der Waals surface area contributed by atoms with Crippen LogP contribution in [0.1, 0.15) is 56.0 Å². The molecule has 1 aromatic carbocycles. The van der Waals surface area contributed by atoms with Gasteiger partial charge in [-0.05, 0) is 30.2 Å². The molecule has 0 spiro atoms. The van der Waals surface area contributed by atoms with Crippen molar-refractivity contribution in [2.75, 3.05) is 19.8 Å². The number of aromatic nitrogens is 1. The van der Waals surface area contributed by atoms with Crippen molar-refractivity contribution in [3.8, 4) is 16.2 Å². The lowest BCUT2D eigenvalue weighted by Gasteiger charge is -2.21. The van der Waals surface area contributed by atoms with Crippen molar-refractivity contribution in [1.29, 1.82) is 0 Å². The molecule has 0 aliphatic carbocycles. The van der Waals surface area contributed by atoms with E-state index in [1.165, 1.54) is 18.7 Å². The minimum absolute atomic E-state index is 0.191. The van der Waals surface area contributed by atoms with E-state index in [-0.39, 0.29) is 17.4 Å². The Kier molecular flexibility index (Phi) is 9.09. The first-order valence-electron chi connectivity index (χ1n) is 10.1. The molecule has 2 aromatic rings. The van der Waals surface area contributed by atoms with Gasteiger partial charge in [-0.2, -0.15) is 13.2 Å². The Labute approximate surface area is 178 Å². The maximum Gasteiger partial charge on any atom is 0.419 e. The maximum absolute atomic E-state index is 13.6. The molecular weight excluding hydrogens is 417 g/mol. The summed E-state index contributed by atoms with van der Waals surface area (Å²) in [4.78, 5) is 4.53. The van der Waals surface area contributed by atoms with Gasteiger partial charge in [0.05, 0.1) is 30.3 Å². The van der Waals surface area contributed by atoms with Gasteiger partial charge in [0.25, 0.3) is 0 Å². The van der Waals surface area contributed by atoms with Gasteiger partial charge in [-0.15, -0.1) is 11.3 Å². The number of hydrogen-bond donors (Lipinski definition) is 3. The molecule has 0 aliphatic rings. The van der Waals surface area contributed by atoms with Gasteiger partial charge in [-0.25, -0.2) is 4.98 Å². The molecule has 9 heteroatoms. The second kappa shape index (κ2) is 11.1. The summed E-state index contributed by atoms with van der Waals surface area (Å²) in [7, 11) is 0. The van der Waals surface area contributed by atoms with Crippen LogP contribution in [0.3, 0.4) is 0 Å². The third kappa shape index (κ3) is 6.41. The van der Waals surface area contributed by atoms with Crippen LogP contribution in [0.5, 0.6) is 5.75 Å². The molecule has 5 nitrogen and oxygen atoms in total. The molecule has 30 heavy (non-hydrogen) atoms. The summed E-state index contributed by atoms with van der Waals surface area (Å²) in [6, 6.07) is 3.89. The van der Waals surface area contributed by atoms with Crippen molar-refractivity contribution in [2.45, 2.75) is 57.2 Å². The van der Waals surface area contributed by atoms with Crippen molar-refractivity contribution in [3.63, 3.8) is 0 Å². The van der Waals surface area contributed by atoms with Crippen LogP contribution in [-0.2, 0) is 11.7 Å². The highest BCUT2D eigenvalue weighted by Gasteiger charge is 2.35. The minimum atomic E-state index is -4.56. The predicted molar refractivity (Wildman–Crippen MR) is 111 cm³/mol. The molecule has 0 saturated heterocycles. The van der Waals surface area contributed by atoms with Crippen molar-refractivity contribution in [3.05, 3.63) is 35.0 Å². The van der Waals surface area contributed by atoms with Gasteiger partial charge in [-0.1, -0.05) is 39.0 Å². The van der Waals surface area contributed by atoms with E-state index < -0.39 is 30.5 Å². The summed E-state index contributed by atoms with van der Waals surface area (Å²) in [5.41, 5.74) is 3.92. The number of alkyl halides is 3. The van der Waals surface area contributed by atoms with E-state index in [0.717, 1.165) is 43.1 Å². The molecule has 4 N–H and O–H groups in total. The van der Waals surface area contributed by atoms with Gasteiger partial charge >= 0.3 is 6.18 Å². The Balaban J connectivity index is 2.14. The van der Waals surface area contributed by atoms with Crippen LogP contribution in [0.4, 0.5) is 13.2 Å². The standard InChI is InChI=1S/C21H29F3N2O3S/c1-2-3-4-5-6-7-10-29-17-9-8-15(11-16(17)21(22,23)24)18-12-26-19(30-18)20(25,13-27)14-28/h8-9,11-12,27-28H,2-7,10,13-14,25H2,1H3.